The largest absolute Gasteiger partial charge is 0.481 e. The molecule has 3 rings (SSSR count). The summed E-state index contributed by atoms with van der Waals surface area (Å²) >= 11 is 0. The Hall–Kier alpha value is -2.77. The second kappa shape index (κ2) is 7.23. The molecular formula is C18H21FN4O3. The fraction of sp³-hybridized carbons (Fsp3) is 0.444. The number of hydrogen-bond donors (Lipinski definition) is 1. The van der Waals surface area contributed by atoms with E-state index in [2.05, 4.69) is 10.3 Å². The van der Waals surface area contributed by atoms with E-state index in [-0.39, 0.29) is 17.4 Å². The van der Waals surface area contributed by atoms with Crippen LogP contribution in [0, 0.1) is 18.7 Å². The minimum absolute atomic E-state index is 0.227. The average Bonchev–Trinajstić information content (AvgIpc) is 2.97. The van der Waals surface area contributed by atoms with Gasteiger partial charge in [-0.3, -0.25) is 9.59 Å². The van der Waals surface area contributed by atoms with E-state index in [1.807, 2.05) is 0 Å². The van der Waals surface area contributed by atoms with Crippen molar-refractivity contribution < 1.29 is 19.1 Å². The van der Waals surface area contributed by atoms with E-state index in [1.54, 1.807) is 35.6 Å². The number of carboxylic acid groups (broad SMARTS) is 1. The Balaban J connectivity index is 1.79. The van der Waals surface area contributed by atoms with Crippen LogP contribution >= 0.6 is 0 Å². The summed E-state index contributed by atoms with van der Waals surface area (Å²) in [4.78, 5) is 25.8. The van der Waals surface area contributed by atoms with Crippen molar-refractivity contribution in [3.05, 3.63) is 47.0 Å². The van der Waals surface area contributed by atoms with Gasteiger partial charge in [-0.15, -0.1) is 5.10 Å². The second-order valence-corrected chi connectivity index (χ2v) is 6.63. The topological polar surface area (TPSA) is 88.3 Å². The van der Waals surface area contributed by atoms with Gasteiger partial charge in [0, 0.05) is 12.6 Å². The smallest absolute Gasteiger partial charge is 0.308 e. The molecule has 0 bridgehead atoms. The van der Waals surface area contributed by atoms with Crippen molar-refractivity contribution in [2.75, 3.05) is 6.54 Å². The lowest BCUT2D eigenvalue weighted by Crippen LogP contribution is -2.49. The number of amides is 1. The molecule has 1 aromatic carbocycles. The Kier molecular flexibility index (Phi) is 5.01. The molecule has 2 heterocycles. The average molecular weight is 360 g/mol. The minimum atomic E-state index is -0.883. The van der Waals surface area contributed by atoms with Crippen LogP contribution in [-0.4, -0.2) is 49.5 Å². The third-order valence-corrected chi connectivity index (χ3v) is 5.00. The molecule has 138 valence electrons. The molecule has 0 spiro atoms. The van der Waals surface area contributed by atoms with E-state index < -0.39 is 17.9 Å². The van der Waals surface area contributed by atoms with Crippen molar-refractivity contribution in [2.24, 2.45) is 5.92 Å². The molecule has 1 amide bonds. The lowest BCUT2D eigenvalue weighted by atomic mass is 9.90. The van der Waals surface area contributed by atoms with Crippen molar-refractivity contribution in [3.63, 3.8) is 0 Å². The van der Waals surface area contributed by atoms with Crippen LogP contribution in [-0.2, 0) is 11.3 Å². The van der Waals surface area contributed by atoms with Crippen molar-refractivity contribution in [3.8, 4) is 0 Å². The maximum absolute atomic E-state index is 13.0. The van der Waals surface area contributed by atoms with Crippen LogP contribution < -0.4 is 0 Å². The molecule has 7 nitrogen and oxygen atoms in total. The Morgan fingerprint density at radius 3 is 2.65 bits per heavy atom. The number of likely N-dealkylation sites (tertiary alicyclic amines) is 1. The Morgan fingerprint density at radius 1 is 1.31 bits per heavy atom. The maximum atomic E-state index is 13.0. The molecule has 1 fully saturated rings. The van der Waals surface area contributed by atoms with E-state index in [9.17, 15) is 19.1 Å². The van der Waals surface area contributed by atoms with Gasteiger partial charge in [-0.05, 0) is 44.4 Å². The van der Waals surface area contributed by atoms with Gasteiger partial charge in [0.2, 0.25) is 0 Å². The van der Waals surface area contributed by atoms with Crippen LogP contribution in [0.1, 0.15) is 41.5 Å². The monoisotopic (exact) mass is 360 g/mol. The standard InChI is InChI=1S/C18H21FN4O3/c1-11-15(18(25)26)4-3-9-22(11)17(24)16-12(2)23(21-20-16)10-13-5-7-14(19)8-6-13/h5-8,11,15H,3-4,9-10H2,1-2H3,(H,25,26)/t11-,15-/m1/s1. The van der Waals surface area contributed by atoms with Crippen LogP contribution in [0.15, 0.2) is 24.3 Å². The van der Waals surface area contributed by atoms with Crippen LogP contribution in [0.4, 0.5) is 4.39 Å². The van der Waals surface area contributed by atoms with Gasteiger partial charge >= 0.3 is 5.97 Å². The normalized spacial score (nSPS) is 20.2. The fourth-order valence-electron chi connectivity index (χ4n) is 3.37. The number of carbonyl (C=O) groups excluding carboxylic acids is 1. The Labute approximate surface area is 150 Å². The summed E-state index contributed by atoms with van der Waals surface area (Å²) in [6.07, 6.45) is 1.21. The number of aromatic nitrogens is 3. The summed E-state index contributed by atoms with van der Waals surface area (Å²) in [5.41, 5.74) is 1.67. The van der Waals surface area contributed by atoms with Gasteiger partial charge in [-0.25, -0.2) is 9.07 Å². The third-order valence-electron chi connectivity index (χ3n) is 5.00. The van der Waals surface area contributed by atoms with Gasteiger partial charge in [-0.1, -0.05) is 17.3 Å². The van der Waals surface area contributed by atoms with E-state index in [4.69, 9.17) is 0 Å². The molecule has 1 N–H and O–H groups in total. The van der Waals surface area contributed by atoms with Gasteiger partial charge in [0.05, 0.1) is 18.2 Å². The molecule has 1 aromatic heterocycles. The minimum Gasteiger partial charge on any atom is -0.481 e. The number of benzene rings is 1. The summed E-state index contributed by atoms with van der Waals surface area (Å²) in [5, 5.41) is 17.4. The predicted octanol–water partition coefficient (Wildman–Crippen LogP) is 2.10. The molecule has 0 aliphatic carbocycles. The van der Waals surface area contributed by atoms with Gasteiger partial charge in [0.1, 0.15) is 5.82 Å². The number of aliphatic carboxylic acids is 1. The van der Waals surface area contributed by atoms with Crippen LogP contribution in [0.5, 0.6) is 0 Å². The summed E-state index contributed by atoms with van der Waals surface area (Å²) in [6.45, 7) is 4.39. The highest BCUT2D eigenvalue weighted by atomic mass is 19.1. The zero-order valence-electron chi connectivity index (χ0n) is 14.7. The van der Waals surface area contributed by atoms with Gasteiger partial charge in [-0.2, -0.15) is 0 Å². The zero-order valence-corrected chi connectivity index (χ0v) is 14.7. The van der Waals surface area contributed by atoms with Gasteiger partial charge < -0.3 is 10.0 Å². The summed E-state index contributed by atoms with van der Waals surface area (Å²) in [5.74, 6) is -2.06. The lowest BCUT2D eigenvalue weighted by Gasteiger charge is -2.37. The Morgan fingerprint density at radius 2 is 2.00 bits per heavy atom. The second-order valence-electron chi connectivity index (χ2n) is 6.63. The highest BCUT2D eigenvalue weighted by Gasteiger charge is 2.37. The highest BCUT2D eigenvalue weighted by molar-refractivity contribution is 5.94. The van der Waals surface area contributed by atoms with Crippen LogP contribution in [0.2, 0.25) is 0 Å². The number of carbonyl (C=O) groups is 2. The first-order valence-corrected chi connectivity index (χ1v) is 8.56. The zero-order chi connectivity index (χ0) is 18.8. The molecule has 0 radical (unpaired) electrons. The number of nitrogens with zero attached hydrogens (tertiary/aromatic N) is 4. The molecule has 0 saturated carbocycles. The molecule has 2 atom stereocenters. The number of hydrogen-bond acceptors (Lipinski definition) is 4. The Bertz CT molecular complexity index is 818. The van der Waals surface area contributed by atoms with Gasteiger partial charge in [0.15, 0.2) is 5.69 Å². The first-order chi connectivity index (χ1) is 12.4. The molecule has 26 heavy (non-hydrogen) atoms. The predicted molar refractivity (Wildman–Crippen MR) is 91.1 cm³/mol. The molecule has 1 aliphatic rings. The highest BCUT2D eigenvalue weighted by Crippen LogP contribution is 2.25. The van der Waals surface area contributed by atoms with Crippen molar-refractivity contribution in [1.82, 2.24) is 19.9 Å². The van der Waals surface area contributed by atoms with E-state index in [0.717, 1.165) is 5.56 Å². The SMILES string of the molecule is Cc1c(C(=O)N2CCC[C@@H](C(=O)O)[C@H]2C)nnn1Cc1ccc(F)cc1. The molecule has 1 aliphatic heterocycles. The molecular weight excluding hydrogens is 339 g/mol. The summed E-state index contributed by atoms with van der Waals surface area (Å²) in [6, 6.07) is 5.66. The number of rotatable bonds is 4. The van der Waals surface area contributed by atoms with E-state index >= 15 is 0 Å². The molecule has 0 unspecified atom stereocenters. The maximum Gasteiger partial charge on any atom is 0.308 e. The van der Waals surface area contributed by atoms with Crippen LogP contribution in [0.25, 0.3) is 0 Å². The molecule has 8 heteroatoms. The van der Waals surface area contributed by atoms with Crippen molar-refractivity contribution in [1.29, 1.82) is 0 Å². The van der Waals surface area contributed by atoms with Crippen molar-refractivity contribution >= 4 is 11.9 Å². The van der Waals surface area contributed by atoms with Gasteiger partial charge in [0.25, 0.3) is 5.91 Å². The fourth-order valence-corrected chi connectivity index (χ4v) is 3.37. The molecule has 2 aromatic rings. The van der Waals surface area contributed by atoms with Crippen molar-refractivity contribution in [2.45, 2.75) is 39.3 Å². The van der Waals surface area contributed by atoms with Crippen LogP contribution in [0.3, 0.4) is 0 Å². The number of halogens is 1. The number of carboxylic acids is 1. The van der Waals surface area contributed by atoms with E-state index in [0.29, 0.717) is 31.6 Å². The summed E-state index contributed by atoms with van der Waals surface area (Å²) in [7, 11) is 0. The third kappa shape index (κ3) is 3.44. The first kappa shape index (κ1) is 18.0. The van der Waals surface area contributed by atoms with E-state index in [1.165, 1.54) is 12.1 Å². The quantitative estimate of drug-likeness (QED) is 0.902. The first-order valence-electron chi connectivity index (χ1n) is 8.56. The number of piperidine rings is 1. The lowest BCUT2D eigenvalue weighted by molar-refractivity contribution is -0.144. The summed E-state index contributed by atoms with van der Waals surface area (Å²) < 4.78 is 14.6. The molecule has 1 saturated heterocycles.